The van der Waals surface area contributed by atoms with E-state index in [0.29, 0.717) is 9.35 Å². The van der Waals surface area contributed by atoms with E-state index in [4.69, 9.17) is 0 Å². The highest BCUT2D eigenvalue weighted by atomic mass is 79.9. The van der Waals surface area contributed by atoms with Crippen molar-refractivity contribution in [2.75, 3.05) is 0 Å². The molecule has 13 heavy (non-hydrogen) atoms. The van der Waals surface area contributed by atoms with E-state index in [0.717, 1.165) is 11.3 Å². The maximum Gasteiger partial charge on any atom is 0.455 e. The van der Waals surface area contributed by atoms with E-state index in [1.165, 1.54) is 6.07 Å². The normalized spacial score (nSPS) is 11.8. The lowest BCUT2D eigenvalue weighted by Gasteiger charge is -2.00. The maximum atomic E-state index is 11.9. The van der Waals surface area contributed by atoms with Gasteiger partial charge >= 0.3 is 6.18 Å². The molecule has 0 aliphatic carbocycles. The van der Waals surface area contributed by atoms with Gasteiger partial charge in [-0.2, -0.15) is 13.2 Å². The van der Waals surface area contributed by atoms with Crippen LogP contribution in [0.5, 0.6) is 0 Å². The number of thiophene rings is 1. The molecule has 1 aromatic rings. The van der Waals surface area contributed by atoms with Crippen molar-refractivity contribution in [3.63, 3.8) is 0 Å². The summed E-state index contributed by atoms with van der Waals surface area (Å²) in [6.07, 6.45) is -4.78. The fourth-order valence-electron chi connectivity index (χ4n) is 0.711. The molecular weight excluding hydrogens is 269 g/mol. The van der Waals surface area contributed by atoms with Gasteiger partial charge in [0.05, 0.1) is 4.88 Å². The van der Waals surface area contributed by atoms with Crippen LogP contribution in [-0.2, 0) is 0 Å². The van der Waals surface area contributed by atoms with Gasteiger partial charge in [0.2, 0.25) is 0 Å². The number of rotatable bonds is 1. The van der Waals surface area contributed by atoms with Crippen LogP contribution < -0.4 is 0 Å². The number of carbonyl (C=O) groups excluding carboxylic acids is 1. The fraction of sp³-hybridized carbons (Fsp3) is 0.286. The van der Waals surface area contributed by atoms with Crippen LogP contribution in [0.2, 0.25) is 0 Å². The van der Waals surface area contributed by atoms with Crippen LogP contribution in [0, 0.1) is 6.92 Å². The number of hydrogen-bond donors (Lipinski definition) is 0. The first-order chi connectivity index (χ1) is 5.82. The number of alkyl halides is 3. The van der Waals surface area contributed by atoms with Crippen molar-refractivity contribution < 1.29 is 18.0 Å². The molecule has 0 atom stereocenters. The van der Waals surface area contributed by atoms with Gasteiger partial charge < -0.3 is 0 Å². The van der Waals surface area contributed by atoms with Gasteiger partial charge in [0.25, 0.3) is 5.78 Å². The summed E-state index contributed by atoms with van der Waals surface area (Å²) in [7, 11) is 0. The van der Waals surface area contributed by atoms with Gasteiger partial charge in [0.1, 0.15) is 0 Å². The molecule has 6 heteroatoms. The highest BCUT2D eigenvalue weighted by Crippen LogP contribution is 2.31. The number of Topliss-reactive ketones (excluding diaryl/α,β-unsaturated/α-hetero) is 1. The molecule has 1 rings (SSSR count). The Morgan fingerprint density at radius 2 is 2.08 bits per heavy atom. The lowest BCUT2D eigenvalue weighted by Crippen LogP contribution is -2.21. The zero-order chi connectivity index (χ0) is 10.2. The summed E-state index contributed by atoms with van der Waals surface area (Å²) in [6.45, 7) is 1.64. The van der Waals surface area contributed by atoms with Crippen molar-refractivity contribution in [2.24, 2.45) is 0 Å². The zero-order valence-electron chi connectivity index (χ0n) is 6.41. The minimum Gasteiger partial charge on any atom is -0.283 e. The predicted octanol–water partition coefficient (Wildman–Crippen LogP) is 3.56. The highest BCUT2D eigenvalue weighted by Gasteiger charge is 2.40. The third-order valence-corrected chi connectivity index (χ3v) is 3.47. The van der Waals surface area contributed by atoms with Crippen molar-refractivity contribution in [1.82, 2.24) is 0 Å². The second-order valence-corrected chi connectivity index (χ2v) is 4.45. The number of halogens is 4. The molecule has 72 valence electrons. The first-order valence-corrected chi connectivity index (χ1v) is 4.81. The molecule has 1 heterocycles. The molecular formula is C7H4BrF3OS. The molecule has 0 saturated heterocycles. The van der Waals surface area contributed by atoms with E-state index in [-0.39, 0.29) is 4.88 Å². The van der Waals surface area contributed by atoms with Gasteiger partial charge in [-0.3, -0.25) is 4.79 Å². The first-order valence-electron chi connectivity index (χ1n) is 3.20. The van der Waals surface area contributed by atoms with Gasteiger partial charge in [-0.1, -0.05) is 0 Å². The van der Waals surface area contributed by atoms with E-state index >= 15 is 0 Å². The molecule has 0 fully saturated rings. The van der Waals surface area contributed by atoms with Crippen molar-refractivity contribution in [3.05, 3.63) is 20.3 Å². The Bertz CT molecular complexity index is 322. The Morgan fingerprint density at radius 1 is 1.54 bits per heavy atom. The topological polar surface area (TPSA) is 17.1 Å². The molecule has 1 nitrogen and oxygen atoms in total. The second-order valence-electron chi connectivity index (χ2n) is 2.34. The lowest BCUT2D eigenvalue weighted by atomic mass is 10.3. The fourth-order valence-corrected chi connectivity index (χ4v) is 2.21. The summed E-state index contributed by atoms with van der Waals surface area (Å²) in [5.74, 6) is -1.79. The summed E-state index contributed by atoms with van der Waals surface area (Å²) in [4.78, 5) is 11.1. The number of hydrogen-bond acceptors (Lipinski definition) is 2. The van der Waals surface area contributed by atoms with Gasteiger partial charge in [-0.05, 0) is 28.9 Å². The third-order valence-electron chi connectivity index (χ3n) is 1.34. The quantitative estimate of drug-likeness (QED) is 0.715. The van der Waals surface area contributed by atoms with Crippen molar-refractivity contribution in [2.45, 2.75) is 13.1 Å². The molecule has 0 N–H and O–H groups in total. The Labute approximate surface area is 84.7 Å². The van der Waals surface area contributed by atoms with Crippen LogP contribution in [0.1, 0.15) is 14.5 Å². The third kappa shape index (κ3) is 2.31. The molecule has 1 aromatic heterocycles. The SMILES string of the molecule is Cc1sc(C(=O)C(F)(F)F)cc1Br. The molecule has 0 aromatic carbocycles. The molecule has 0 aliphatic rings. The molecule has 0 amide bonds. The lowest BCUT2D eigenvalue weighted by molar-refractivity contribution is -0.0882. The van der Waals surface area contributed by atoms with Gasteiger partial charge in [0, 0.05) is 9.35 Å². The van der Waals surface area contributed by atoms with Crippen LogP contribution in [0.4, 0.5) is 13.2 Å². The second kappa shape index (κ2) is 3.42. The molecule has 0 spiro atoms. The smallest absolute Gasteiger partial charge is 0.283 e. The minimum atomic E-state index is -4.78. The van der Waals surface area contributed by atoms with E-state index in [1.807, 2.05) is 0 Å². The average Bonchev–Trinajstić information content (AvgIpc) is 2.29. The van der Waals surface area contributed by atoms with Crippen LogP contribution in [-0.4, -0.2) is 12.0 Å². The van der Waals surface area contributed by atoms with Crippen LogP contribution >= 0.6 is 27.3 Å². The zero-order valence-corrected chi connectivity index (χ0v) is 8.81. The standard InChI is InChI=1S/C7H4BrF3OS/c1-3-4(8)2-5(13-3)6(12)7(9,10)11/h2H,1H3. The average molecular weight is 273 g/mol. The highest BCUT2D eigenvalue weighted by molar-refractivity contribution is 9.10. The van der Waals surface area contributed by atoms with Crippen molar-refractivity contribution >= 4 is 33.0 Å². The minimum absolute atomic E-state index is 0.281. The van der Waals surface area contributed by atoms with Crippen molar-refractivity contribution in [3.8, 4) is 0 Å². The Kier molecular flexibility index (Phi) is 2.82. The molecule has 0 saturated carbocycles. The molecule has 0 aliphatic heterocycles. The summed E-state index contributed by atoms with van der Waals surface area (Å²) in [5.41, 5.74) is 0. The maximum absolute atomic E-state index is 11.9. The van der Waals surface area contributed by atoms with E-state index in [2.05, 4.69) is 15.9 Å². The van der Waals surface area contributed by atoms with Crippen molar-refractivity contribution in [1.29, 1.82) is 0 Å². The number of ketones is 1. The Morgan fingerprint density at radius 3 is 2.38 bits per heavy atom. The monoisotopic (exact) mass is 272 g/mol. The number of carbonyl (C=O) groups is 1. The number of aryl methyl sites for hydroxylation is 1. The Balaban J connectivity index is 3.03. The van der Waals surface area contributed by atoms with Crippen LogP contribution in [0.25, 0.3) is 0 Å². The summed E-state index contributed by atoms with van der Waals surface area (Å²) in [5, 5.41) is 0. The van der Waals surface area contributed by atoms with Crippen LogP contribution in [0.3, 0.4) is 0 Å². The van der Waals surface area contributed by atoms with Gasteiger partial charge in [-0.25, -0.2) is 0 Å². The van der Waals surface area contributed by atoms with Gasteiger partial charge in [0.15, 0.2) is 0 Å². The molecule has 0 radical (unpaired) electrons. The molecule has 0 unspecified atom stereocenters. The summed E-state index contributed by atoms with van der Waals surface area (Å²) in [6, 6.07) is 1.19. The van der Waals surface area contributed by atoms with Gasteiger partial charge in [-0.15, -0.1) is 11.3 Å². The molecule has 0 bridgehead atoms. The van der Waals surface area contributed by atoms with E-state index in [9.17, 15) is 18.0 Å². The Hall–Kier alpha value is -0.360. The van der Waals surface area contributed by atoms with E-state index in [1.54, 1.807) is 6.92 Å². The van der Waals surface area contributed by atoms with E-state index < -0.39 is 12.0 Å². The summed E-state index contributed by atoms with van der Waals surface area (Å²) < 4.78 is 36.3. The summed E-state index contributed by atoms with van der Waals surface area (Å²) >= 11 is 3.87. The first kappa shape index (κ1) is 10.7. The largest absolute Gasteiger partial charge is 0.455 e. The van der Waals surface area contributed by atoms with Crippen LogP contribution in [0.15, 0.2) is 10.5 Å². The predicted molar refractivity (Wildman–Crippen MR) is 47.1 cm³/mol.